The summed E-state index contributed by atoms with van der Waals surface area (Å²) in [7, 11) is -2.92. The van der Waals surface area contributed by atoms with Gasteiger partial charge >= 0.3 is 0 Å². The first-order chi connectivity index (χ1) is 6.70. The molecule has 0 atom stereocenters. The number of nitrogens with zero attached hydrogens (tertiary/aromatic N) is 1. The summed E-state index contributed by atoms with van der Waals surface area (Å²) in [5.41, 5.74) is 0. The minimum atomic E-state index is -2.92. The molecule has 2 heterocycles. The molecule has 0 radical (unpaired) electrons. The zero-order valence-corrected chi connectivity index (χ0v) is 10.4. The highest BCUT2D eigenvalue weighted by molar-refractivity contribution is 7.89. The first-order valence-corrected chi connectivity index (χ1v) is 7.01. The molecular weight excluding hydrogens is 236 g/mol. The summed E-state index contributed by atoms with van der Waals surface area (Å²) in [5.74, 6) is 0.358. The highest BCUT2D eigenvalue weighted by atomic mass is 35.5. The van der Waals surface area contributed by atoms with E-state index in [0.717, 1.165) is 45.3 Å². The van der Waals surface area contributed by atoms with Crippen molar-refractivity contribution in [2.45, 2.75) is 31.7 Å². The van der Waals surface area contributed by atoms with Crippen LogP contribution in [0.3, 0.4) is 0 Å². The second-order valence-corrected chi connectivity index (χ2v) is 6.16. The Morgan fingerprint density at radius 1 is 1.13 bits per heavy atom. The van der Waals surface area contributed by atoms with Gasteiger partial charge in [0.1, 0.15) is 0 Å². The molecule has 0 saturated carbocycles. The lowest BCUT2D eigenvalue weighted by Gasteiger charge is -2.35. The standard InChI is InChI=1S/C9H18N2O2S.ClH/c12-14(13)8-2-1-7-11(14)9-3-5-10-6-4-9;/h9-10H,1-8H2;1H. The largest absolute Gasteiger partial charge is 0.317 e. The number of nitrogens with one attached hydrogen (secondary N) is 1. The molecule has 0 amide bonds. The lowest BCUT2D eigenvalue weighted by molar-refractivity contribution is 0.251. The van der Waals surface area contributed by atoms with Crippen LogP contribution in [0.25, 0.3) is 0 Å². The molecular formula is C9H19ClN2O2S. The van der Waals surface area contributed by atoms with Gasteiger partial charge in [0, 0.05) is 12.6 Å². The van der Waals surface area contributed by atoms with Gasteiger partial charge in [0.2, 0.25) is 10.0 Å². The number of piperidine rings is 1. The molecule has 2 fully saturated rings. The van der Waals surface area contributed by atoms with E-state index in [9.17, 15) is 8.42 Å². The Morgan fingerprint density at radius 3 is 2.40 bits per heavy atom. The lowest BCUT2D eigenvalue weighted by Crippen LogP contribution is -2.49. The first-order valence-electron chi connectivity index (χ1n) is 5.40. The molecule has 6 heteroatoms. The van der Waals surface area contributed by atoms with Crippen LogP contribution < -0.4 is 5.32 Å². The fourth-order valence-electron chi connectivity index (χ4n) is 2.31. The number of rotatable bonds is 1. The van der Waals surface area contributed by atoms with E-state index in [4.69, 9.17) is 0 Å². The average molecular weight is 255 g/mol. The average Bonchev–Trinajstić information content (AvgIpc) is 2.18. The van der Waals surface area contributed by atoms with Crippen molar-refractivity contribution in [1.82, 2.24) is 9.62 Å². The predicted molar refractivity (Wildman–Crippen MR) is 62.9 cm³/mol. The molecule has 2 rings (SSSR count). The fourth-order valence-corrected chi connectivity index (χ4v) is 4.19. The van der Waals surface area contributed by atoms with Crippen LogP contribution in [-0.4, -0.2) is 44.2 Å². The molecule has 0 spiro atoms. The van der Waals surface area contributed by atoms with Crippen LogP contribution in [0.15, 0.2) is 0 Å². The van der Waals surface area contributed by atoms with E-state index in [1.165, 1.54) is 0 Å². The molecule has 0 aromatic rings. The van der Waals surface area contributed by atoms with Crippen molar-refractivity contribution in [3.05, 3.63) is 0 Å². The predicted octanol–water partition coefficient (Wildman–Crippen LogP) is 0.586. The molecule has 15 heavy (non-hydrogen) atoms. The SMILES string of the molecule is Cl.O=S1(=O)CCCCN1C1CCNCC1. The lowest BCUT2D eigenvalue weighted by atomic mass is 10.1. The van der Waals surface area contributed by atoms with Gasteiger partial charge in [-0.1, -0.05) is 0 Å². The van der Waals surface area contributed by atoms with E-state index in [1.807, 2.05) is 0 Å². The van der Waals surface area contributed by atoms with Crippen molar-refractivity contribution in [2.75, 3.05) is 25.4 Å². The van der Waals surface area contributed by atoms with Crippen LogP contribution in [0, 0.1) is 0 Å². The van der Waals surface area contributed by atoms with Gasteiger partial charge in [0.25, 0.3) is 0 Å². The second kappa shape index (κ2) is 5.48. The fraction of sp³-hybridized carbons (Fsp3) is 1.00. The summed E-state index contributed by atoms with van der Waals surface area (Å²) in [6.07, 6.45) is 3.81. The van der Waals surface area contributed by atoms with Gasteiger partial charge in [-0.25, -0.2) is 8.42 Å². The van der Waals surface area contributed by atoms with Crippen molar-refractivity contribution in [3.8, 4) is 0 Å². The highest BCUT2D eigenvalue weighted by Crippen LogP contribution is 2.21. The zero-order valence-electron chi connectivity index (χ0n) is 8.81. The third-order valence-electron chi connectivity index (χ3n) is 3.10. The first kappa shape index (κ1) is 13.2. The highest BCUT2D eigenvalue weighted by Gasteiger charge is 2.32. The van der Waals surface area contributed by atoms with Crippen molar-refractivity contribution in [1.29, 1.82) is 0 Å². The Hall–Kier alpha value is 0.160. The van der Waals surface area contributed by atoms with E-state index in [0.29, 0.717) is 5.75 Å². The molecule has 2 aliphatic rings. The summed E-state index contributed by atoms with van der Waals surface area (Å²) in [6, 6.07) is 0.265. The third-order valence-corrected chi connectivity index (χ3v) is 5.10. The summed E-state index contributed by atoms with van der Waals surface area (Å²) in [4.78, 5) is 0. The maximum Gasteiger partial charge on any atom is 0.214 e. The van der Waals surface area contributed by atoms with Crippen LogP contribution in [0.4, 0.5) is 0 Å². The van der Waals surface area contributed by atoms with Crippen molar-refractivity contribution in [2.24, 2.45) is 0 Å². The molecule has 1 N–H and O–H groups in total. The van der Waals surface area contributed by atoms with E-state index in [2.05, 4.69) is 5.32 Å². The molecule has 0 aliphatic carbocycles. The molecule has 0 unspecified atom stereocenters. The minimum Gasteiger partial charge on any atom is -0.317 e. The number of hydrogen-bond donors (Lipinski definition) is 1. The normalized spacial score (nSPS) is 28.3. The Morgan fingerprint density at radius 2 is 1.80 bits per heavy atom. The van der Waals surface area contributed by atoms with Crippen molar-refractivity contribution in [3.63, 3.8) is 0 Å². The molecule has 0 bridgehead atoms. The van der Waals surface area contributed by atoms with Gasteiger partial charge in [-0.2, -0.15) is 4.31 Å². The van der Waals surface area contributed by atoms with E-state index < -0.39 is 10.0 Å². The number of sulfonamides is 1. The van der Waals surface area contributed by atoms with Gasteiger partial charge in [-0.05, 0) is 38.8 Å². The van der Waals surface area contributed by atoms with Crippen LogP contribution >= 0.6 is 12.4 Å². The minimum absolute atomic E-state index is 0. The molecule has 0 aromatic heterocycles. The molecule has 4 nitrogen and oxygen atoms in total. The molecule has 2 saturated heterocycles. The van der Waals surface area contributed by atoms with E-state index in [-0.39, 0.29) is 18.4 Å². The van der Waals surface area contributed by atoms with E-state index in [1.54, 1.807) is 4.31 Å². The Bertz CT molecular complexity index is 288. The Balaban J connectivity index is 0.00000112. The summed E-state index contributed by atoms with van der Waals surface area (Å²) in [5, 5.41) is 3.26. The third kappa shape index (κ3) is 3.06. The molecule has 0 aromatic carbocycles. The summed E-state index contributed by atoms with van der Waals surface area (Å²) < 4.78 is 25.3. The maximum absolute atomic E-state index is 11.8. The van der Waals surface area contributed by atoms with Crippen LogP contribution in [-0.2, 0) is 10.0 Å². The van der Waals surface area contributed by atoms with Gasteiger partial charge in [0.05, 0.1) is 5.75 Å². The Kier molecular flexibility index (Phi) is 4.83. The monoisotopic (exact) mass is 254 g/mol. The number of hydrogen-bond acceptors (Lipinski definition) is 3. The Labute approximate surface area is 97.9 Å². The van der Waals surface area contributed by atoms with Gasteiger partial charge in [0.15, 0.2) is 0 Å². The van der Waals surface area contributed by atoms with Crippen LogP contribution in [0.2, 0.25) is 0 Å². The maximum atomic E-state index is 11.8. The number of halogens is 1. The smallest absolute Gasteiger partial charge is 0.214 e. The topological polar surface area (TPSA) is 49.4 Å². The van der Waals surface area contributed by atoms with Crippen LogP contribution in [0.5, 0.6) is 0 Å². The zero-order chi connectivity index (χ0) is 10.0. The van der Waals surface area contributed by atoms with Crippen molar-refractivity contribution >= 4 is 22.4 Å². The van der Waals surface area contributed by atoms with Gasteiger partial charge in [-0.3, -0.25) is 0 Å². The summed E-state index contributed by atoms with van der Waals surface area (Å²) in [6.45, 7) is 2.65. The quantitative estimate of drug-likeness (QED) is 0.745. The molecule has 90 valence electrons. The van der Waals surface area contributed by atoms with E-state index >= 15 is 0 Å². The van der Waals surface area contributed by atoms with Gasteiger partial charge in [-0.15, -0.1) is 12.4 Å². The second-order valence-electron chi connectivity index (χ2n) is 4.12. The van der Waals surface area contributed by atoms with Crippen LogP contribution in [0.1, 0.15) is 25.7 Å². The van der Waals surface area contributed by atoms with Gasteiger partial charge < -0.3 is 5.32 Å². The molecule has 2 aliphatic heterocycles. The van der Waals surface area contributed by atoms with Crippen molar-refractivity contribution < 1.29 is 8.42 Å². The summed E-state index contributed by atoms with van der Waals surface area (Å²) >= 11 is 0.